The van der Waals surface area contributed by atoms with Crippen molar-refractivity contribution in [3.05, 3.63) is 0 Å². The topological polar surface area (TPSA) is 44.7 Å². The molecule has 0 spiro atoms. The SMILES string of the molecule is CCOC([Se])=NC1CC(C)(C)N([O])C(C)(C)C1. The molecule has 0 amide bonds. The van der Waals surface area contributed by atoms with E-state index >= 15 is 0 Å². The Labute approximate surface area is 112 Å². The van der Waals surface area contributed by atoms with E-state index in [9.17, 15) is 5.21 Å². The van der Waals surface area contributed by atoms with Crippen LogP contribution in [0.1, 0.15) is 47.5 Å². The van der Waals surface area contributed by atoms with Gasteiger partial charge in [-0.25, -0.2) is 0 Å². The van der Waals surface area contributed by atoms with Crippen LogP contribution in [0.5, 0.6) is 0 Å². The summed E-state index contributed by atoms with van der Waals surface area (Å²) in [6.07, 6.45) is 1.52. The molecule has 0 aromatic heterocycles. The molecule has 0 atom stereocenters. The minimum absolute atomic E-state index is 0.146. The van der Waals surface area contributed by atoms with Gasteiger partial charge in [0.25, 0.3) is 0 Å². The number of hydroxylamine groups is 2. The number of aliphatic imine (C=N–C) groups is 1. The number of piperidine rings is 1. The predicted molar refractivity (Wildman–Crippen MR) is 68.5 cm³/mol. The third-order valence-electron chi connectivity index (χ3n) is 3.13. The van der Waals surface area contributed by atoms with Gasteiger partial charge in [0.15, 0.2) is 0 Å². The molecule has 4 nitrogen and oxygen atoms in total. The minimum atomic E-state index is -0.373. The molecule has 0 N–H and O–H groups in total. The van der Waals surface area contributed by atoms with Crippen molar-refractivity contribution >= 4 is 20.8 Å². The number of hydrogen-bond acceptors (Lipinski definition) is 3. The van der Waals surface area contributed by atoms with Crippen LogP contribution in [-0.2, 0) is 9.94 Å². The molecule has 1 saturated heterocycles. The Balaban J connectivity index is 2.82. The van der Waals surface area contributed by atoms with Crippen LogP contribution in [-0.4, -0.2) is 49.6 Å². The van der Waals surface area contributed by atoms with Crippen molar-refractivity contribution in [1.82, 2.24) is 5.06 Å². The molecule has 5 heteroatoms. The summed E-state index contributed by atoms with van der Waals surface area (Å²) in [5.74, 6) is 0. The Kier molecular flexibility index (Phi) is 4.64. The normalized spacial score (nSPS) is 25.9. The molecule has 1 aliphatic heterocycles. The van der Waals surface area contributed by atoms with Crippen molar-refractivity contribution in [3.63, 3.8) is 0 Å². The van der Waals surface area contributed by atoms with Crippen LogP contribution in [0.4, 0.5) is 0 Å². The Bertz CT molecular complexity index is 285. The van der Waals surface area contributed by atoms with Crippen molar-refractivity contribution in [2.45, 2.75) is 64.6 Å². The molecule has 17 heavy (non-hydrogen) atoms. The molecular weight excluding hydrogens is 283 g/mol. The van der Waals surface area contributed by atoms with Gasteiger partial charge in [-0.15, -0.1) is 0 Å². The van der Waals surface area contributed by atoms with E-state index in [-0.39, 0.29) is 17.1 Å². The zero-order valence-electron chi connectivity index (χ0n) is 11.3. The average molecular weight is 305 g/mol. The summed E-state index contributed by atoms with van der Waals surface area (Å²) in [7, 11) is 0. The van der Waals surface area contributed by atoms with E-state index < -0.39 is 0 Å². The van der Waals surface area contributed by atoms with Gasteiger partial charge in [0.1, 0.15) is 0 Å². The molecule has 0 aromatic carbocycles. The van der Waals surface area contributed by atoms with Crippen LogP contribution in [0.3, 0.4) is 0 Å². The summed E-state index contributed by atoms with van der Waals surface area (Å²) in [6.45, 7) is 10.4. The number of ether oxygens (including phenoxy) is 1. The second-order valence-corrected chi connectivity index (χ2v) is 6.54. The van der Waals surface area contributed by atoms with Gasteiger partial charge < -0.3 is 0 Å². The first-order valence-corrected chi connectivity index (χ1v) is 6.90. The van der Waals surface area contributed by atoms with Crippen molar-refractivity contribution in [1.29, 1.82) is 0 Å². The van der Waals surface area contributed by atoms with Gasteiger partial charge in [-0.3, -0.25) is 0 Å². The zero-order valence-corrected chi connectivity index (χ0v) is 13.0. The Morgan fingerprint density at radius 1 is 1.35 bits per heavy atom. The van der Waals surface area contributed by atoms with Crippen LogP contribution in [0.15, 0.2) is 4.99 Å². The molecule has 0 bridgehead atoms. The average Bonchev–Trinajstić information content (AvgIpc) is 2.13. The standard InChI is InChI=1S/C12H22N2O2Se/c1-6-16-10(17)13-9-7-11(2,3)14(15)12(4,5)8-9/h9H,6-8H2,1-5H3. The van der Waals surface area contributed by atoms with Gasteiger partial charge >= 0.3 is 112 Å². The predicted octanol–water partition coefficient (Wildman–Crippen LogP) is 1.91. The summed E-state index contributed by atoms with van der Waals surface area (Å²) < 4.78 is 5.31. The quantitative estimate of drug-likeness (QED) is 0.444. The van der Waals surface area contributed by atoms with E-state index in [1.54, 1.807) is 0 Å². The molecule has 0 aliphatic carbocycles. The van der Waals surface area contributed by atoms with Crippen molar-refractivity contribution in [3.8, 4) is 0 Å². The van der Waals surface area contributed by atoms with Crippen LogP contribution >= 0.6 is 0 Å². The molecule has 2 radical (unpaired) electrons. The van der Waals surface area contributed by atoms with E-state index in [1.807, 2.05) is 34.6 Å². The summed E-state index contributed by atoms with van der Waals surface area (Å²) in [5.41, 5.74) is -0.745. The first-order chi connectivity index (χ1) is 7.69. The second-order valence-electron chi connectivity index (χ2n) is 5.81. The fourth-order valence-electron chi connectivity index (χ4n) is 2.61. The Morgan fingerprint density at radius 2 is 1.82 bits per heavy atom. The van der Waals surface area contributed by atoms with Crippen molar-refractivity contribution < 1.29 is 9.94 Å². The molecule has 0 unspecified atom stereocenters. The van der Waals surface area contributed by atoms with Crippen molar-refractivity contribution in [2.75, 3.05) is 6.61 Å². The van der Waals surface area contributed by atoms with Gasteiger partial charge in [-0.2, -0.15) is 0 Å². The number of hydrogen-bond donors (Lipinski definition) is 0. The summed E-state index contributed by atoms with van der Waals surface area (Å²) in [4.78, 5) is 5.13. The second kappa shape index (κ2) is 5.27. The van der Waals surface area contributed by atoms with E-state index in [2.05, 4.69) is 21.0 Å². The maximum atomic E-state index is 12.2. The fraction of sp³-hybridized carbons (Fsp3) is 0.917. The molecule has 0 saturated carbocycles. The van der Waals surface area contributed by atoms with E-state index in [0.29, 0.717) is 11.4 Å². The molecule has 1 rings (SSSR count). The summed E-state index contributed by atoms with van der Waals surface area (Å²) in [6, 6.07) is 0.146. The van der Waals surface area contributed by atoms with Gasteiger partial charge in [0.2, 0.25) is 0 Å². The summed E-state index contributed by atoms with van der Waals surface area (Å²) >= 11 is 2.83. The van der Waals surface area contributed by atoms with E-state index in [1.165, 1.54) is 5.06 Å². The van der Waals surface area contributed by atoms with Crippen LogP contribution in [0.25, 0.3) is 0 Å². The number of rotatable bonds is 2. The van der Waals surface area contributed by atoms with E-state index in [0.717, 1.165) is 12.8 Å². The first-order valence-electron chi connectivity index (χ1n) is 6.04. The van der Waals surface area contributed by atoms with Gasteiger partial charge in [-0.05, 0) is 0 Å². The van der Waals surface area contributed by atoms with Gasteiger partial charge in [0.05, 0.1) is 0 Å². The van der Waals surface area contributed by atoms with Crippen LogP contribution < -0.4 is 0 Å². The fourth-order valence-corrected chi connectivity index (χ4v) is 3.17. The van der Waals surface area contributed by atoms with E-state index in [4.69, 9.17) is 4.74 Å². The van der Waals surface area contributed by atoms with Crippen LogP contribution in [0, 0.1) is 0 Å². The third kappa shape index (κ3) is 3.68. The maximum absolute atomic E-state index is 12.2. The van der Waals surface area contributed by atoms with Gasteiger partial charge in [-0.1, -0.05) is 0 Å². The monoisotopic (exact) mass is 306 g/mol. The summed E-state index contributed by atoms with van der Waals surface area (Å²) in [5, 5.41) is 13.4. The van der Waals surface area contributed by atoms with Gasteiger partial charge in [0, 0.05) is 0 Å². The first kappa shape index (κ1) is 15.0. The Hall–Kier alpha value is -0.0905. The molecule has 0 aromatic rings. The van der Waals surface area contributed by atoms with Crippen LogP contribution in [0.2, 0.25) is 0 Å². The van der Waals surface area contributed by atoms with Crippen molar-refractivity contribution in [2.24, 2.45) is 4.99 Å². The molecule has 1 heterocycles. The molecule has 1 fully saturated rings. The third-order valence-corrected chi connectivity index (χ3v) is 3.59. The molecule has 1 aliphatic rings. The number of nitrogens with zero attached hydrogens (tertiary/aromatic N) is 2. The zero-order chi connectivity index (χ0) is 13.3. The molecule has 98 valence electrons. The Morgan fingerprint density at radius 3 is 2.24 bits per heavy atom. The molecular formula is C12H22N2O2Se.